The molecule has 4 heteroatoms. The zero-order chi connectivity index (χ0) is 38.8. The molecule has 9 aromatic carbocycles. The first-order chi connectivity index (χ1) is 29.2. The molecule has 0 saturated carbocycles. The van der Waals surface area contributed by atoms with Crippen LogP contribution >= 0.6 is 22.7 Å². The minimum absolute atomic E-state index is 1.16. The monoisotopic (exact) mass is 786 g/mol. The van der Waals surface area contributed by atoms with Gasteiger partial charge >= 0.3 is 0 Å². The zero-order valence-electron chi connectivity index (χ0n) is 32.1. The number of rotatable bonds is 4. The number of thiophene rings is 2. The van der Waals surface area contributed by atoms with Crippen LogP contribution in [-0.2, 0) is 0 Å². The van der Waals surface area contributed by atoms with Crippen LogP contribution in [0.25, 0.3) is 118 Å². The minimum atomic E-state index is 1.16. The summed E-state index contributed by atoms with van der Waals surface area (Å²) in [6, 6.07) is 70.0. The summed E-state index contributed by atoms with van der Waals surface area (Å²) >= 11 is 3.78. The van der Waals surface area contributed by atoms with Gasteiger partial charge in [0.15, 0.2) is 0 Å². The van der Waals surface area contributed by atoms with Gasteiger partial charge in [0.2, 0.25) is 0 Å². The van der Waals surface area contributed by atoms with E-state index in [1.54, 1.807) is 0 Å². The first-order valence-electron chi connectivity index (χ1n) is 20.2. The fraction of sp³-hybridized carbons (Fsp3) is 0.0182. The van der Waals surface area contributed by atoms with Gasteiger partial charge in [0.1, 0.15) is 0 Å². The lowest BCUT2D eigenvalue weighted by atomic mass is 10.0. The molecule has 59 heavy (non-hydrogen) atoms. The molecule has 0 aliphatic heterocycles. The molecule has 276 valence electrons. The van der Waals surface area contributed by atoms with Crippen LogP contribution in [0, 0.1) is 6.92 Å². The Kier molecular flexibility index (Phi) is 7.00. The molecule has 0 bridgehead atoms. The van der Waals surface area contributed by atoms with Gasteiger partial charge in [-0.2, -0.15) is 0 Å². The first kappa shape index (κ1) is 33.0. The Hall–Kier alpha value is -6.98. The van der Waals surface area contributed by atoms with Crippen LogP contribution in [0.5, 0.6) is 0 Å². The number of aryl methyl sites for hydroxylation is 1. The van der Waals surface area contributed by atoms with Gasteiger partial charge in [-0.3, -0.25) is 0 Å². The van der Waals surface area contributed by atoms with E-state index in [2.05, 4.69) is 204 Å². The number of nitrogens with zero attached hydrogens (tertiary/aromatic N) is 2. The molecule has 4 heterocycles. The second kappa shape index (κ2) is 12.5. The van der Waals surface area contributed by atoms with Crippen molar-refractivity contribution in [3.63, 3.8) is 0 Å². The van der Waals surface area contributed by atoms with E-state index in [0.717, 1.165) is 11.4 Å². The average molecular weight is 787 g/mol. The quantitative estimate of drug-likeness (QED) is 0.168. The van der Waals surface area contributed by atoms with Crippen LogP contribution in [0.2, 0.25) is 0 Å². The van der Waals surface area contributed by atoms with Gasteiger partial charge < -0.3 is 9.13 Å². The van der Waals surface area contributed by atoms with Gasteiger partial charge in [0.25, 0.3) is 0 Å². The Bertz CT molecular complexity index is 3620. The van der Waals surface area contributed by atoms with E-state index in [9.17, 15) is 0 Å². The average Bonchev–Trinajstić information content (AvgIpc) is 4.03. The van der Waals surface area contributed by atoms with Crippen LogP contribution in [0.3, 0.4) is 0 Å². The third-order valence-electron chi connectivity index (χ3n) is 12.3. The van der Waals surface area contributed by atoms with Crippen molar-refractivity contribution < 1.29 is 0 Å². The maximum Gasteiger partial charge on any atom is 0.0541 e. The van der Waals surface area contributed by atoms with Crippen LogP contribution < -0.4 is 0 Å². The summed E-state index contributed by atoms with van der Waals surface area (Å²) in [4.78, 5) is 0. The molecule has 0 unspecified atom stereocenters. The third-order valence-corrected chi connectivity index (χ3v) is 14.8. The zero-order valence-corrected chi connectivity index (χ0v) is 33.7. The van der Waals surface area contributed by atoms with Crippen molar-refractivity contribution in [1.82, 2.24) is 9.13 Å². The molecule has 0 saturated heterocycles. The van der Waals surface area contributed by atoms with E-state index in [1.165, 1.54) is 112 Å². The Morgan fingerprint density at radius 2 is 0.729 bits per heavy atom. The lowest BCUT2D eigenvalue weighted by Gasteiger charge is -2.15. The summed E-state index contributed by atoms with van der Waals surface area (Å²) in [5.41, 5.74) is 13.4. The van der Waals surface area contributed by atoms with Crippen molar-refractivity contribution in [2.75, 3.05) is 0 Å². The smallest absolute Gasteiger partial charge is 0.0541 e. The first-order valence-corrected chi connectivity index (χ1v) is 21.8. The molecule has 0 N–H and O–H groups in total. The highest BCUT2D eigenvalue weighted by Gasteiger charge is 2.19. The number of hydrogen-bond acceptors (Lipinski definition) is 2. The molecule has 13 rings (SSSR count). The number of aromatic nitrogens is 2. The SMILES string of the molecule is Cc1cc(-n2c3ccccc3c3cc(-c4cccc5c4sc4ccccc45)ccc32)cc(-n2c3ccccc3c3cc(-c4cccc5c4sc4ccccc45)ccc32)c1. The fourth-order valence-corrected chi connectivity index (χ4v) is 12.3. The highest BCUT2D eigenvalue weighted by atomic mass is 32.1. The molecular weight excluding hydrogens is 753 g/mol. The highest BCUT2D eigenvalue weighted by Crippen LogP contribution is 2.44. The van der Waals surface area contributed by atoms with E-state index in [4.69, 9.17) is 0 Å². The summed E-state index contributed by atoms with van der Waals surface area (Å²) in [5.74, 6) is 0. The van der Waals surface area contributed by atoms with Gasteiger partial charge in [-0.25, -0.2) is 0 Å². The highest BCUT2D eigenvalue weighted by molar-refractivity contribution is 7.26. The van der Waals surface area contributed by atoms with Crippen LogP contribution in [0.4, 0.5) is 0 Å². The van der Waals surface area contributed by atoms with Gasteiger partial charge in [0, 0.05) is 73.3 Å². The normalized spacial score (nSPS) is 12.2. The Morgan fingerprint density at radius 1 is 0.322 bits per heavy atom. The molecule has 2 nitrogen and oxygen atoms in total. The number of fused-ring (bicyclic) bond motifs is 12. The molecule has 0 fully saturated rings. The van der Waals surface area contributed by atoms with Crippen molar-refractivity contribution in [2.24, 2.45) is 0 Å². The minimum Gasteiger partial charge on any atom is -0.309 e. The summed E-state index contributed by atoms with van der Waals surface area (Å²) < 4.78 is 10.3. The lowest BCUT2D eigenvalue weighted by Crippen LogP contribution is -2.00. The van der Waals surface area contributed by atoms with Crippen molar-refractivity contribution >= 4 is 107 Å². The maximum atomic E-state index is 2.46. The third kappa shape index (κ3) is 4.85. The summed E-state index contributed by atoms with van der Waals surface area (Å²) in [7, 11) is 0. The summed E-state index contributed by atoms with van der Waals surface area (Å²) in [6.45, 7) is 2.22. The van der Waals surface area contributed by atoms with E-state index in [1.807, 2.05) is 22.7 Å². The number of para-hydroxylation sites is 2. The van der Waals surface area contributed by atoms with E-state index < -0.39 is 0 Å². The van der Waals surface area contributed by atoms with Gasteiger partial charge in [0.05, 0.1) is 22.1 Å². The molecule has 0 radical (unpaired) electrons. The van der Waals surface area contributed by atoms with E-state index in [-0.39, 0.29) is 0 Å². The number of hydrogen-bond donors (Lipinski definition) is 0. The van der Waals surface area contributed by atoms with Crippen LogP contribution in [0.1, 0.15) is 5.56 Å². The fourth-order valence-electron chi connectivity index (χ4n) is 9.79. The predicted molar refractivity (Wildman–Crippen MR) is 257 cm³/mol. The summed E-state index contributed by atoms with van der Waals surface area (Å²) in [5, 5.41) is 10.4. The van der Waals surface area contributed by atoms with Crippen molar-refractivity contribution in [3.8, 4) is 33.6 Å². The van der Waals surface area contributed by atoms with Crippen molar-refractivity contribution in [1.29, 1.82) is 0 Å². The van der Waals surface area contributed by atoms with Crippen LogP contribution in [-0.4, -0.2) is 9.13 Å². The Balaban J connectivity index is 0.989. The largest absolute Gasteiger partial charge is 0.309 e. The van der Waals surface area contributed by atoms with E-state index >= 15 is 0 Å². The second-order valence-electron chi connectivity index (χ2n) is 15.8. The topological polar surface area (TPSA) is 9.86 Å². The standard InChI is InChI=1S/C55H34N2S2/c1-33-28-36(56-48-20-6-2-12-40(48)46-30-34(24-26-50(46)56)38-16-10-18-44-42-14-4-8-22-52(42)58-54(38)44)32-37(29-33)57-49-21-7-3-13-41(49)47-31-35(25-27-51(47)57)39-17-11-19-45-43-15-5-9-23-53(43)59-55(39)45/h2-32H,1H3. The van der Waals surface area contributed by atoms with Crippen molar-refractivity contribution in [2.45, 2.75) is 6.92 Å². The number of benzene rings is 9. The Labute approximate surface area is 348 Å². The maximum absolute atomic E-state index is 2.46. The molecule has 13 aromatic rings. The van der Waals surface area contributed by atoms with Gasteiger partial charge in [-0.05, 0) is 101 Å². The summed E-state index contributed by atoms with van der Waals surface area (Å²) in [6.07, 6.45) is 0. The van der Waals surface area contributed by atoms with Crippen LogP contribution in [0.15, 0.2) is 188 Å². The predicted octanol–water partition coefficient (Wildman–Crippen LogP) is 16.3. The molecule has 0 spiro atoms. The van der Waals surface area contributed by atoms with E-state index in [0.29, 0.717) is 0 Å². The van der Waals surface area contributed by atoms with Crippen molar-refractivity contribution in [3.05, 3.63) is 194 Å². The molecule has 4 aromatic heterocycles. The van der Waals surface area contributed by atoms with Gasteiger partial charge in [-0.1, -0.05) is 121 Å². The molecule has 0 amide bonds. The second-order valence-corrected chi connectivity index (χ2v) is 17.9. The molecule has 0 atom stereocenters. The molecule has 0 aliphatic carbocycles. The lowest BCUT2D eigenvalue weighted by molar-refractivity contribution is 1.12. The van der Waals surface area contributed by atoms with Gasteiger partial charge in [-0.15, -0.1) is 22.7 Å². The Morgan fingerprint density at radius 3 is 1.22 bits per heavy atom. The molecular formula is C55H34N2S2. The molecule has 0 aliphatic rings.